The molecule has 1 heterocycles. The molecule has 23 heavy (non-hydrogen) atoms. The fourth-order valence-corrected chi connectivity index (χ4v) is 4.06. The maximum absolute atomic E-state index is 11.4. The summed E-state index contributed by atoms with van der Waals surface area (Å²) in [6, 6.07) is 16.8. The van der Waals surface area contributed by atoms with Crippen molar-refractivity contribution in [1.82, 2.24) is 5.32 Å². The Morgan fingerprint density at radius 2 is 1.83 bits per heavy atom. The minimum atomic E-state index is -0.818. The third-order valence-corrected chi connectivity index (χ3v) is 5.31. The van der Waals surface area contributed by atoms with Gasteiger partial charge >= 0.3 is 5.97 Å². The van der Waals surface area contributed by atoms with Gasteiger partial charge in [-0.15, -0.1) is 11.8 Å². The molecular weight excluding hydrogens is 310 g/mol. The maximum atomic E-state index is 11.4. The highest BCUT2D eigenvalue weighted by Gasteiger charge is 2.45. The number of hydrogen-bond donors (Lipinski definition) is 2. The van der Waals surface area contributed by atoms with Gasteiger partial charge in [0.15, 0.2) is 0 Å². The highest BCUT2D eigenvalue weighted by atomic mass is 32.2. The van der Waals surface area contributed by atoms with Crippen molar-refractivity contribution < 1.29 is 14.6 Å². The van der Waals surface area contributed by atoms with Gasteiger partial charge in [0.05, 0.1) is 5.37 Å². The lowest BCUT2D eigenvalue weighted by atomic mass is 10.0. The average Bonchev–Trinajstić information content (AvgIpc) is 2.84. The van der Waals surface area contributed by atoms with E-state index in [-0.39, 0.29) is 10.1 Å². The summed E-state index contributed by atoms with van der Waals surface area (Å²) in [6.07, 6.45) is 0. The highest BCUT2D eigenvalue weighted by molar-refractivity contribution is 8.01. The number of carboxylic acid groups (broad SMARTS) is 1. The first-order valence-corrected chi connectivity index (χ1v) is 8.33. The first kappa shape index (κ1) is 15.9. The van der Waals surface area contributed by atoms with Gasteiger partial charge < -0.3 is 9.84 Å². The van der Waals surface area contributed by atoms with Gasteiger partial charge in [-0.05, 0) is 43.7 Å². The van der Waals surface area contributed by atoms with Gasteiger partial charge in [-0.1, -0.05) is 30.3 Å². The Morgan fingerprint density at radius 1 is 1.13 bits per heavy atom. The molecular formula is C18H19NO3S. The Kier molecular flexibility index (Phi) is 4.33. The monoisotopic (exact) mass is 329 g/mol. The Morgan fingerprint density at radius 3 is 2.48 bits per heavy atom. The Balaban J connectivity index is 1.79. The van der Waals surface area contributed by atoms with Crippen LogP contribution in [0.5, 0.6) is 11.5 Å². The molecule has 3 rings (SSSR count). The summed E-state index contributed by atoms with van der Waals surface area (Å²) in [5.74, 6) is 0.704. The molecule has 4 nitrogen and oxygen atoms in total. The van der Waals surface area contributed by atoms with Crippen LogP contribution in [-0.4, -0.2) is 21.9 Å². The van der Waals surface area contributed by atoms with Crippen molar-refractivity contribution >= 4 is 17.7 Å². The molecule has 1 aliphatic rings. The average molecular weight is 329 g/mol. The standard InChI is InChI=1S/C18H19NO3S/c1-18(2)15(17(20)21)19-16(23-18)12-7-6-10-14(11-12)22-13-8-4-3-5-9-13/h3-11,15-16,19H,1-2H3,(H,20,21)/t15-,16-/m1/s1. The molecule has 0 spiro atoms. The molecule has 0 aliphatic carbocycles. The highest BCUT2D eigenvalue weighted by Crippen LogP contribution is 2.46. The molecule has 0 amide bonds. The van der Waals surface area contributed by atoms with Gasteiger partial charge in [0.1, 0.15) is 17.5 Å². The Bertz CT molecular complexity index is 702. The van der Waals surface area contributed by atoms with E-state index < -0.39 is 12.0 Å². The lowest BCUT2D eigenvalue weighted by molar-refractivity contribution is -0.139. The lowest BCUT2D eigenvalue weighted by Gasteiger charge is -2.20. The van der Waals surface area contributed by atoms with Crippen molar-refractivity contribution in [3.63, 3.8) is 0 Å². The van der Waals surface area contributed by atoms with Crippen LogP contribution in [0, 0.1) is 0 Å². The van der Waals surface area contributed by atoms with Gasteiger partial charge in [-0.3, -0.25) is 10.1 Å². The first-order valence-electron chi connectivity index (χ1n) is 7.45. The van der Waals surface area contributed by atoms with Gasteiger partial charge in [0, 0.05) is 4.75 Å². The Labute approximate surface area is 139 Å². The molecule has 1 fully saturated rings. The molecule has 2 aromatic rings. The zero-order valence-electron chi connectivity index (χ0n) is 13.0. The maximum Gasteiger partial charge on any atom is 0.322 e. The van der Waals surface area contributed by atoms with Crippen LogP contribution in [0.1, 0.15) is 24.8 Å². The zero-order chi connectivity index (χ0) is 16.4. The van der Waals surface area contributed by atoms with E-state index in [1.165, 1.54) is 0 Å². The number of benzene rings is 2. The molecule has 0 aromatic heterocycles. The SMILES string of the molecule is CC1(C)S[C@H](c2cccc(Oc3ccccc3)c2)N[C@@H]1C(=O)O. The second-order valence-corrected chi connectivity index (χ2v) is 7.79. The quantitative estimate of drug-likeness (QED) is 0.886. The third kappa shape index (κ3) is 3.51. The normalized spacial score (nSPS) is 22.7. The molecule has 2 N–H and O–H groups in total. The smallest absolute Gasteiger partial charge is 0.322 e. The van der Waals surface area contributed by atoms with Crippen molar-refractivity contribution in [3.05, 3.63) is 60.2 Å². The Hall–Kier alpha value is -1.98. The number of aliphatic carboxylic acids is 1. The summed E-state index contributed by atoms with van der Waals surface area (Å²) in [5, 5.41) is 12.5. The fourth-order valence-electron chi connectivity index (χ4n) is 2.66. The number of para-hydroxylation sites is 1. The van der Waals surface area contributed by atoms with Crippen molar-refractivity contribution in [1.29, 1.82) is 0 Å². The van der Waals surface area contributed by atoms with Crippen molar-refractivity contribution in [2.24, 2.45) is 0 Å². The zero-order valence-corrected chi connectivity index (χ0v) is 13.8. The molecule has 5 heteroatoms. The predicted molar refractivity (Wildman–Crippen MR) is 91.9 cm³/mol. The van der Waals surface area contributed by atoms with Crippen LogP contribution in [0.3, 0.4) is 0 Å². The molecule has 2 aromatic carbocycles. The topological polar surface area (TPSA) is 58.6 Å². The van der Waals surface area contributed by atoms with E-state index in [2.05, 4.69) is 5.32 Å². The van der Waals surface area contributed by atoms with E-state index in [4.69, 9.17) is 4.74 Å². The number of carbonyl (C=O) groups is 1. The van der Waals surface area contributed by atoms with Crippen molar-refractivity contribution in [2.75, 3.05) is 0 Å². The van der Waals surface area contributed by atoms with E-state index in [0.717, 1.165) is 17.1 Å². The van der Waals surface area contributed by atoms with Gasteiger partial charge in [-0.25, -0.2) is 0 Å². The number of ether oxygens (including phenoxy) is 1. The van der Waals surface area contributed by atoms with Gasteiger partial charge in [0.2, 0.25) is 0 Å². The minimum absolute atomic E-state index is 0.0644. The fraction of sp³-hybridized carbons (Fsp3) is 0.278. The molecule has 0 bridgehead atoms. The first-order chi connectivity index (χ1) is 11.0. The van der Waals surface area contributed by atoms with E-state index in [0.29, 0.717) is 0 Å². The van der Waals surface area contributed by atoms with Crippen LogP contribution in [0.15, 0.2) is 54.6 Å². The van der Waals surface area contributed by atoms with E-state index in [9.17, 15) is 9.90 Å². The number of rotatable bonds is 4. The molecule has 0 saturated carbocycles. The van der Waals surface area contributed by atoms with Gasteiger partial charge in [0.25, 0.3) is 0 Å². The van der Waals surface area contributed by atoms with Crippen LogP contribution in [0.2, 0.25) is 0 Å². The van der Waals surface area contributed by atoms with Gasteiger partial charge in [-0.2, -0.15) is 0 Å². The molecule has 120 valence electrons. The molecule has 0 radical (unpaired) electrons. The van der Waals surface area contributed by atoms with Crippen molar-refractivity contribution in [3.8, 4) is 11.5 Å². The minimum Gasteiger partial charge on any atom is -0.480 e. The molecule has 1 aliphatic heterocycles. The predicted octanol–water partition coefficient (Wildman–Crippen LogP) is 4.05. The second kappa shape index (κ2) is 6.26. The summed E-state index contributed by atoms with van der Waals surface area (Å²) in [7, 11) is 0. The van der Waals surface area contributed by atoms with Crippen LogP contribution < -0.4 is 10.1 Å². The van der Waals surface area contributed by atoms with Crippen LogP contribution in [-0.2, 0) is 4.79 Å². The van der Waals surface area contributed by atoms with E-state index in [1.807, 2.05) is 68.4 Å². The number of carboxylic acids is 1. The summed E-state index contributed by atoms with van der Waals surface area (Å²) < 4.78 is 5.48. The summed E-state index contributed by atoms with van der Waals surface area (Å²) in [5.41, 5.74) is 1.01. The summed E-state index contributed by atoms with van der Waals surface area (Å²) >= 11 is 1.62. The second-order valence-electron chi connectivity index (χ2n) is 6.03. The molecule has 0 unspecified atom stereocenters. The summed E-state index contributed by atoms with van der Waals surface area (Å²) in [6.45, 7) is 3.90. The lowest BCUT2D eigenvalue weighted by Crippen LogP contribution is -2.43. The van der Waals surface area contributed by atoms with Crippen LogP contribution in [0.4, 0.5) is 0 Å². The van der Waals surface area contributed by atoms with Crippen LogP contribution in [0.25, 0.3) is 0 Å². The summed E-state index contributed by atoms with van der Waals surface area (Å²) in [4.78, 5) is 11.4. The van der Waals surface area contributed by atoms with Crippen LogP contribution >= 0.6 is 11.8 Å². The number of hydrogen-bond acceptors (Lipinski definition) is 4. The van der Waals surface area contributed by atoms with E-state index in [1.54, 1.807) is 11.8 Å². The molecule has 2 atom stereocenters. The largest absolute Gasteiger partial charge is 0.480 e. The number of nitrogens with one attached hydrogen (secondary N) is 1. The van der Waals surface area contributed by atoms with Crippen molar-refractivity contribution in [2.45, 2.75) is 30.0 Å². The third-order valence-electron chi connectivity index (χ3n) is 3.82. The van der Waals surface area contributed by atoms with E-state index >= 15 is 0 Å². The number of thioether (sulfide) groups is 1. The molecule has 1 saturated heterocycles.